The van der Waals surface area contributed by atoms with Gasteiger partial charge in [-0.1, -0.05) is 60.7 Å². The van der Waals surface area contributed by atoms with Crippen LogP contribution in [0.3, 0.4) is 0 Å². The minimum absolute atomic E-state index is 0. The van der Waals surface area contributed by atoms with Crippen LogP contribution in [0.15, 0.2) is 60.7 Å². The van der Waals surface area contributed by atoms with Crippen LogP contribution in [0.4, 0.5) is 0 Å². The van der Waals surface area contributed by atoms with Crippen molar-refractivity contribution in [1.82, 2.24) is 0 Å². The van der Waals surface area contributed by atoms with Crippen molar-refractivity contribution < 1.29 is 16.9 Å². The third kappa shape index (κ3) is 3.34. The van der Waals surface area contributed by atoms with E-state index in [1.807, 2.05) is 0 Å². The van der Waals surface area contributed by atoms with Gasteiger partial charge in [-0.2, -0.15) is 0 Å². The highest BCUT2D eigenvalue weighted by Crippen LogP contribution is 2.30. The lowest BCUT2D eigenvalue weighted by Gasteiger charge is -2.34. The fourth-order valence-electron chi connectivity index (χ4n) is 2.36. The number of hydrogen-bond acceptors (Lipinski definition) is 0. The van der Waals surface area contributed by atoms with Crippen molar-refractivity contribution in [1.29, 1.82) is 0 Å². The molecule has 2 rings (SSSR count). The Bertz CT molecular complexity index is 420. The monoisotopic (exact) mass is 261 g/mol. The average Bonchev–Trinajstić information content (AvgIpc) is 2.30. The Labute approximate surface area is 116 Å². The molecule has 0 aliphatic rings. The molecule has 0 atom stereocenters. The molecule has 0 aliphatic carbocycles. The third-order valence-electron chi connectivity index (χ3n) is 3.01. The Hall–Kier alpha value is -1.31. The quantitative estimate of drug-likeness (QED) is 0.706. The molecule has 0 bridgehead atoms. The molecule has 0 saturated carbocycles. The lowest BCUT2D eigenvalue weighted by molar-refractivity contribution is -0.896. The van der Waals surface area contributed by atoms with Gasteiger partial charge in [-0.05, 0) is 0 Å². The molecule has 2 heteroatoms. The van der Waals surface area contributed by atoms with Crippen molar-refractivity contribution in [3.63, 3.8) is 0 Å². The maximum Gasteiger partial charge on any atom is 0.140 e. The largest absolute Gasteiger partial charge is 1.00 e. The fourth-order valence-corrected chi connectivity index (χ4v) is 2.36. The zero-order valence-electron chi connectivity index (χ0n) is 11.2. The van der Waals surface area contributed by atoms with Crippen molar-refractivity contribution in [2.75, 3.05) is 21.1 Å². The lowest BCUT2D eigenvalue weighted by atomic mass is 9.96. The highest BCUT2D eigenvalue weighted by molar-refractivity contribution is 5.29. The molecule has 18 heavy (non-hydrogen) atoms. The first-order chi connectivity index (χ1) is 8.09. The maximum atomic E-state index is 2.24. The number of rotatable bonds is 3. The molecule has 0 N–H and O–H groups in total. The Balaban J connectivity index is 0.00000162. The van der Waals surface area contributed by atoms with Gasteiger partial charge in [0.25, 0.3) is 0 Å². The van der Waals surface area contributed by atoms with Crippen LogP contribution in [0, 0.1) is 0 Å². The van der Waals surface area contributed by atoms with Gasteiger partial charge in [0.15, 0.2) is 0 Å². The first kappa shape index (κ1) is 14.7. The second kappa shape index (κ2) is 6.03. The molecule has 0 spiro atoms. The second-order valence-corrected chi connectivity index (χ2v) is 5.34. The zero-order chi connectivity index (χ0) is 12.3. The molecule has 96 valence electrons. The van der Waals surface area contributed by atoms with Crippen LogP contribution in [-0.4, -0.2) is 25.6 Å². The van der Waals surface area contributed by atoms with Gasteiger partial charge < -0.3 is 16.9 Å². The topological polar surface area (TPSA) is 0 Å². The SMILES string of the molecule is C[N+](C)(C)C(c1ccccc1)c1ccccc1.[Cl-]. The summed E-state index contributed by atoms with van der Waals surface area (Å²) in [5.74, 6) is 0. The second-order valence-electron chi connectivity index (χ2n) is 5.34. The third-order valence-corrected chi connectivity index (χ3v) is 3.01. The molecule has 0 unspecified atom stereocenters. The zero-order valence-corrected chi connectivity index (χ0v) is 11.9. The van der Waals surface area contributed by atoms with E-state index in [0.29, 0.717) is 6.04 Å². The number of benzene rings is 2. The van der Waals surface area contributed by atoms with Crippen LogP contribution in [0.5, 0.6) is 0 Å². The predicted molar refractivity (Wildman–Crippen MR) is 72.8 cm³/mol. The van der Waals surface area contributed by atoms with E-state index in [-0.39, 0.29) is 12.4 Å². The van der Waals surface area contributed by atoms with E-state index < -0.39 is 0 Å². The Morgan fingerprint density at radius 2 is 1.00 bits per heavy atom. The first-order valence-corrected chi connectivity index (χ1v) is 6.00. The summed E-state index contributed by atoms with van der Waals surface area (Å²) in [4.78, 5) is 0. The van der Waals surface area contributed by atoms with Gasteiger partial charge >= 0.3 is 0 Å². The Morgan fingerprint density at radius 3 is 1.28 bits per heavy atom. The summed E-state index contributed by atoms with van der Waals surface area (Å²) in [6, 6.07) is 21.8. The van der Waals surface area contributed by atoms with E-state index >= 15 is 0 Å². The van der Waals surface area contributed by atoms with Crippen LogP contribution in [0.2, 0.25) is 0 Å². The maximum absolute atomic E-state index is 2.24. The summed E-state index contributed by atoms with van der Waals surface area (Å²) in [6.07, 6.45) is 0. The van der Waals surface area contributed by atoms with Crippen molar-refractivity contribution in [3.05, 3.63) is 71.8 Å². The number of nitrogens with zero attached hydrogens (tertiary/aromatic N) is 1. The van der Waals surface area contributed by atoms with Gasteiger partial charge in [0.2, 0.25) is 0 Å². The minimum atomic E-state index is 0. The molecular formula is C16H20ClN. The summed E-state index contributed by atoms with van der Waals surface area (Å²) in [7, 11) is 6.72. The van der Waals surface area contributed by atoms with Crippen molar-refractivity contribution in [3.8, 4) is 0 Å². The first-order valence-electron chi connectivity index (χ1n) is 6.00. The molecule has 0 aromatic heterocycles. The highest BCUT2D eigenvalue weighted by Gasteiger charge is 2.26. The smallest absolute Gasteiger partial charge is 0.140 e. The van der Waals surface area contributed by atoms with Gasteiger partial charge in [0.05, 0.1) is 21.1 Å². The minimum Gasteiger partial charge on any atom is -1.00 e. The normalized spacial score (nSPS) is 11.1. The van der Waals surface area contributed by atoms with Gasteiger partial charge in [-0.25, -0.2) is 0 Å². The summed E-state index contributed by atoms with van der Waals surface area (Å²) in [6.45, 7) is 0. The molecule has 0 aliphatic heterocycles. The fraction of sp³-hybridized carbons (Fsp3) is 0.250. The van der Waals surface area contributed by atoms with Crippen LogP contribution >= 0.6 is 0 Å². The van der Waals surface area contributed by atoms with E-state index in [1.54, 1.807) is 0 Å². The van der Waals surface area contributed by atoms with Gasteiger partial charge in [0.1, 0.15) is 6.04 Å². The number of halogens is 1. The predicted octanol–water partition coefficient (Wildman–Crippen LogP) is 0.486. The van der Waals surface area contributed by atoms with Gasteiger partial charge in [-0.3, -0.25) is 0 Å². The van der Waals surface area contributed by atoms with E-state index in [0.717, 1.165) is 4.48 Å². The van der Waals surface area contributed by atoms with Crippen molar-refractivity contribution in [2.45, 2.75) is 6.04 Å². The van der Waals surface area contributed by atoms with Crippen LogP contribution in [-0.2, 0) is 0 Å². The van der Waals surface area contributed by atoms with Crippen LogP contribution < -0.4 is 12.4 Å². The molecule has 0 saturated heterocycles. The number of quaternary nitrogens is 1. The Morgan fingerprint density at radius 1 is 0.667 bits per heavy atom. The van der Waals surface area contributed by atoms with Gasteiger partial charge in [0, 0.05) is 11.1 Å². The molecule has 1 nitrogen and oxygen atoms in total. The van der Waals surface area contributed by atoms with E-state index in [2.05, 4.69) is 81.8 Å². The molecular weight excluding hydrogens is 242 g/mol. The van der Waals surface area contributed by atoms with Crippen molar-refractivity contribution in [2.24, 2.45) is 0 Å². The summed E-state index contributed by atoms with van der Waals surface area (Å²) in [5.41, 5.74) is 2.73. The van der Waals surface area contributed by atoms with Crippen LogP contribution in [0.25, 0.3) is 0 Å². The highest BCUT2D eigenvalue weighted by atomic mass is 35.5. The summed E-state index contributed by atoms with van der Waals surface area (Å²) >= 11 is 0. The molecule has 0 heterocycles. The molecule has 2 aromatic rings. The molecule has 0 amide bonds. The average molecular weight is 262 g/mol. The molecule has 0 radical (unpaired) electrons. The standard InChI is InChI=1S/C16H20N.ClH/c1-17(2,3)16(14-10-6-4-7-11-14)15-12-8-5-9-13-15;/h4-13,16H,1-3H3;1H/q+1;/p-1. The van der Waals surface area contributed by atoms with E-state index in [1.165, 1.54) is 11.1 Å². The van der Waals surface area contributed by atoms with Gasteiger partial charge in [-0.15, -0.1) is 0 Å². The summed E-state index contributed by atoms with van der Waals surface area (Å²) < 4.78 is 0.897. The van der Waals surface area contributed by atoms with E-state index in [4.69, 9.17) is 0 Å². The molecule has 2 aromatic carbocycles. The van der Waals surface area contributed by atoms with Crippen LogP contribution in [0.1, 0.15) is 17.2 Å². The summed E-state index contributed by atoms with van der Waals surface area (Å²) in [5, 5.41) is 0. The number of hydrogen-bond donors (Lipinski definition) is 0. The van der Waals surface area contributed by atoms with E-state index in [9.17, 15) is 0 Å². The lowest BCUT2D eigenvalue weighted by Crippen LogP contribution is -3.00. The van der Waals surface area contributed by atoms with Crippen molar-refractivity contribution >= 4 is 0 Å². The Kier molecular flexibility index (Phi) is 4.94. The molecule has 0 fully saturated rings.